The molecule has 0 saturated carbocycles. The van der Waals surface area contributed by atoms with E-state index in [9.17, 15) is 14.0 Å². The summed E-state index contributed by atoms with van der Waals surface area (Å²) in [6.07, 6.45) is 1.01. The van der Waals surface area contributed by atoms with Crippen molar-refractivity contribution < 1.29 is 23.5 Å². The summed E-state index contributed by atoms with van der Waals surface area (Å²) in [5.41, 5.74) is 3.18. The number of esters is 1. The second-order valence-electron chi connectivity index (χ2n) is 7.11. The predicted octanol–water partition coefficient (Wildman–Crippen LogP) is 3.96. The van der Waals surface area contributed by atoms with Gasteiger partial charge in [0.05, 0.1) is 12.7 Å². The molecule has 1 aliphatic rings. The van der Waals surface area contributed by atoms with Crippen molar-refractivity contribution in [1.82, 2.24) is 4.98 Å². The molecule has 0 radical (unpaired) electrons. The molecule has 0 aliphatic heterocycles. The van der Waals surface area contributed by atoms with Crippen LogP contribution in [0.25, 0.3) is 0 Å². The maximum Gasteiger partial charge on any atom is 0.355 e. The highest BCUT2D eigenvalue weighted by Crippen LogP contribution is 2.35. The quantitative estimate of drug-likeness (QED) is 0.615. The number of nitrogens with one attached hydrogen (secondary N) is 1. The fraction of sp³-hybridized carbons (Fsp3) is 0.429. The van der Waals surface area contributed by atoms with Gasteiger partial charge >= 0.3 is 5.97 Å². The molecule has 1 N–H and O–H groups in total. The number of halogens is 1. The van der Waals surface area contributed by atoms with Gasteiger partial charge in [-0.2, -0.15) is 0 Å². The van der Waals surface area contributed by atoms with Crippen LogP contribution in [0, 0.1) is 12.7 Å². The number of carbonyl (C=O) groups excluding carboxylic acids is 2. The summed E-state index contributed by atoms with van der Waals surface area (Å²) in [4.78, 5) is 28.1. The third-order valence-corrected chi connectivity index (χ3v) is 4.80. The number of hydrogen-bond donors (Lipinski definition) is 1. The van der Waals surface area contributed by atoms with Crippen molar-refractivity contribution in [1.29, 1.82) is 0 Å². The van der Waals surface area contributed by atoms with Crippen LogP contribution in [0.3, 0.4) is 0 Å². The van der Waals surface area contributed by atoms with Gasteiger partial charge in [-0.15, -0.1) is 0 Å². The zero-order chi connectivity index (χ0) is 19.6. The molecule has 1 unspecified atom stereocenters. The third-order valence-electron chi connectivity index (χ3n) is 4.80. The van der Waals surface area contributed by atoms with E-state index < -0.39 is 5.97 Å². The molecule has 1 aliphatic carbocycles. The van der Waals surface area contributed by atoms with Crippen molar-refractivity contribution in [2.45, 2.75) is 45.6 Å². The molecular weight excluding hydrogens is 349 g/mol. The molecule has 0 spiro atoms. The van der Waals surface area contributed by atoms with Crippen molar-refractivity contribution in [3.05, 3.63) is 58.2 Å². The van der Waals surface area contributed by atoms with Gasteiger partial charge in [0.1, 0.15) is 18.1 Å². The van der Waals surface area contributed by atoms with E-state index in [2.05, 4.69) is 4.98 Å². The summed E-state index contributed by atoms with van der Waals surface area (Å²) in [7, 11) is 0. The number of Topliss-reactive ketones (excluding diaryl/α,β-unsaturated/α-hetero) is 1. The van der Waals surface area contributed by atoms with Crippen molar-refractivity contribution in [3.63, 3.8) is 0 Å². The number of H-pyrrole nitrogens is 1. The minimum Gasteiger partial charge on any atom is -0.459 e. The second-order valence-corrected chi connectivity index (χ2v) is 7.11. The molecular formula is C21H24FNO4. The highest BCUT2D eigenvalue weighted by molar-refractivity contribution is 6.03. The maximum atomic E-state index is 13.2. The van der Waals surface area contributed by atoms with E-state index in [1.165, 1.54) is 12.1 Å². The van der Waals surface area contributed by atoms with E-state index in [-0.39, 0.29) is 30.2 Å². The largest absolute Gasteiger partial charge is 0.459 e. The first-order valence-corrected chi connectivity index (χ1v) is 9.15. The van der Waals surface area contributed by atoms with Gasteiger partial charge in [-0.3, -0.25) is 4.79 Å². The summed E-state index contributed by atoms with van der Waals surface area (Å²) >= 11 is 0. The normalized spacial score (nSPS) is 16.5. The molecule has 0 fully saturated rings. The number of aromatic amines is 1. The molecule has 3 rings (SSSR count). The Morgan fingerprint density at radius 3 is 2.59 bits per heavy atom. The van der Waals surface area contributed by atoms with E-state index in [0.717, 1.165) is 11.3 Å². The van der Waals surface area contributed by atoms with Crippen molar-refractivity contribution in [2.75, 3.05) is 13.2 Å². The lowest BCUT2D eigenvalue weighted by Crippen LogP contribution is -2.18. The molecule has 6 heteroatoms. The first-order chi connectivity index (χ1) is 12.9. The fourth-order valence-corrected chi connectivity index (χ4v) is 3.50. The second kappa shape index (κ2) is 8.05. The van der Waals surface area contributed by atoms with E-state index in [1.807, 2.05) is 13.8 Å². The van der Waals surface area contributed by atoms with Crippen molar-refractivity contribution >= 4 is 11.8 Å². The van der Waals surface area contributed by atoms with Gasteiger partial charge in [0.15, 0.2) is 5.78 Å². The monoisotopic (exact) mass is 373 g/mol. The molecule has 1 aromatic heterocycles. The van der Waals surface area contributed by atoms with Crippen LogP contribution in [-0.2, 0) is 15.9 Å². The lowest BCUT2D eigenvalue weighted by Gasteiger charge is -2.22. The van der Waals surface area contributed by atoms with Crippen LogP contribution in [-0.4, -0.2) is 36.1 Å². The van der Waals surface area contributed by atoms with E-state index in [0.29, 0.717) is 36.3 Å². The molecule has 144 valence electrons. The van der Waals surface area contributed by atoms with E-state index in [4.69, 9.17) is 9.47 Å². The number of rotatable bonds is 6. The SMILES string of the molecule is Cc1c(C(=O)OCCOC(C)C)[nH]c2c1C(=O)CC(c1ccc(F)cc1)C2. The first-order valence-electron chi connectivity index (χ1n) is 9.15. The molecule has 5 nitrogen and oxygen atoms in total. The van der Waals surface area contributed by atoms with Gasteiger partial charge < -0.3 is 14.5 Å². The lowest BCUT2D eigenvalue weighted by atomic mass is 9.81. The number of ether oxygens (including phenoxy) is 2. The van der Waals surface area contributed by atoms with Crippen molar-refractivity contribution in [3.8, 4) is 0 Å². The van der Waals surface area contributed by atoms with Crippen molar-refractivity contribution in [2.24, 2.45) is 0 Å². The van der Waals surface area contributed by atoms with Crippen LogP contribution in [0.5, 0.6) is 0 Å². The Balaban J connectivity index is 1.74. The van der Waals surface area contributed by atoms with E-state index >= 15 is 0 Å². The minimum absolute atomic E-state index is 0.0125. The Hall–Kier alpha value is -2.47. The Morgan fingerprint density at radius 2 is 1.93 bits per heavy atom. The van der Waals surface area contributed by atoms with Gasteiger partial charge in [-0.05, 0) is 56.4 Å². The van der Waals surface area contributed by atoms with Gasteiger partial charge in [-0.1, -0.05) is 12.1 Å². The number of benzene rings is 1. The van der Waals surface area contributed by atoms with E-state index in [1.54, 1.807) is 19.1 Å². The zero-order valence-corrected chi connectivity index (χ0v) is 15.8. The average molecular weight is 373 g/mol. The van der Waals surface area contributed by atoms with Crippen LogP contribution in [0.4, 0.5) is 4.39 Å². The predicted molar refractivity (Wildman–Crippen MR) is 98.7 cm³/mol. The standard InChI is InChI=1S/C21H24FNO4/c1-12(2)26-8-9-27-21(25)20-13(3)19-17(23-20)10-15(11-18(19)24)14-4-6-16(22)7-5-14/h4-7,12,15,23H,8-11H2,1-3H3. The van der Waals surface area contributed by atoms with Crippen LogP contribution < -0.4 is 0 Å². The number of aromatic nitrogens is 1. The maximum absolute atomic E-state index is 13.2. The summed E-state index contributed by atoms with van der Waals surface area (Å²) < 4.78 is 23.8. The Kier molecular flexibility index (Phi) is 5.75. The topological polar surface area (TPSA) is 68.4 Å². The third kappa shape index (κ3) is 4.27. The molecule has 0 amide bonds. The van der Waals surface area contributed by atoms with Crippen LogP contribution in [0.2, 0.25) is 0 Å². The van der Waals surface area contributed by atoms with Gasteiger partial charge in [0.25, 0.3) is 0 Å². The summed E-state index contributed by atoms with van der Waals surface area (Å²) in [5, 5.41) is 0. The highest BCUT2D eigenvalue weighted by Gasteiger charge is 2.32. The first kappa shape index (κ1) is 19.3. The van der Waals surface area contributed by atoms with Gasteiger partial charge in [0, 0.05) is 17.7 Å². The molecule has 0 saturated heterocycles. The molecule has 0 bridgehead atoms. The Bertz CT molecular complexity index is 839. The number of carbonyl (C=O) groups is 2. The summed E-state index contributed by atoms with van der Waals surface area (Å²) in [5.74, 6) is -0.836. The van der Waals surface area contributed by atoms with Crippen LogP contribution in [0.1, 0.15) is 63.9 Å². The molecule has 27 heavy (non-hydrogen) atoms. The molecule has 1 aromatic carbocycles. The Morgan fingerprint density at radius 1 is 1.22 bits per heavy atom. The number of fused-ring (bicyclic) bond motifs is 1. The summed E-state index contributed by atoms with van der Waals surface area (Å²) in [6.45, 7) is 6.07. The molecule has 1 atom stereocenters. The fourth-order valence-electron chi connectivity index (χ4n) is 3.50. The van der Waals surface area contributed by atoms with Gasteiger partial charge in [-0.25, -0.2) is 9.18 Å². The van der Waals surface area contributed by atoms with Gasteiger partial charge in [0.2, 0.25) is 0 Å². The Labute approximate surface area is 157 Å². The van der Waals surface area contributed by atoms with Crippen LogP contribution in [0.15, 0.2) is 24.3 Å². The smallest absolute Gasteiger partial charge is 0.355 e. The molecule has 2 aromatic rings. The highest BCUT2D eigenvalue weighted by atomic mass is 19.1. The minimum atomic E-state index is -0.486. The molecule has 1 heterocycles. The summed E-state index contributed by atoms with van der Waals surface area (Å²) in [6, 6.07) is 6.21. The number of ketones is 1. The zero-order valence-electron chi connectivity index (χ0n) is 15.8. The van der Waals surface area contributed by atoms with Crippen LogP contribution >= 0.6 is 0 Å². The average Bonchev–Trinajstić information content (AvgIpc) is 2.96. The lowest BCUT2D eigenvalue weighted by molar-refractivity contribution is 0.0172. The number of hydrogen-bond acceptors (Lipinski definition) is 4.